The van der Waals surface area contributed by atoms with Gasteiger partial charge in [0.25, 0.3) is 0 Å². The van der Waals surface area contributed by atoms with Gasteiger partial charge in [0.2, 0.25) is 0 Å². The van der Waals surface area contributed by atoms with Crippen molar-refractivity contribution in [2.75, 3.05) is 5.32 Å². The number of amidine groups is 1. The van der Waals surface area contributed by atoms with E-state index in [4.69, 9.17) is 11.6 Å². The summed E-state index contributed by atoms with van der Waals surface area (Å²) in [5.74, 6) is 1.89. The van der Waals surface area contributed by atoms with E-state index in [1.54, 1.807) is 0 Å². The highest BCUT2D eigenvalue weighted by atomic mass is 35.5. The summed E-state index contributed by atoms with van der Waals surface area (Å²) in [6.07, 6.45) is 7.69. The maximum atomic E-state index is 6.34. The summed E-state index contributed by atoms with van der Waals surface area (Å²) in [7, 11) is 0. The van der Waals surface area contributed by atoms with E-state index >= 15 is 0 Å². The van der Waals surface area contributed by atoms with Crippen LogP contribution in [-0.4, -0.2) is 21.7 Å². The van der Waals surface area contributed by atoms with Crippen LogP contribution in [0, 0.1) is 6.92 Å². The van der Waals surface area contributed by atoms with Crippen molar-refractivity contribution < 1.29 is 0 Å². The molecule has 0 unspecified atom stereocenters. The number of allylic oxidation sites excluding steroid dienone is 4. The van der Waals surface area contributed by atoms with Crippen molar-refractivity contribution >= 4 is 29.0 Å². The lowest BCUT2D eigenvalue weighted by Crippen LogP contribution is -2.14. The lowest BCUT2D eigenvalue weighted by Gasteiger charge is -2.09. The lowest BCUT2D eigenvalue weighted by molar-refractivity contribution is 1.01. The highest BCUT2D eigenvalue weighted by molar-refractivity contribution is 6.45. The minimum atomic E-state index is 0.554. The largest absolute Gasteiger partial charge is 0.322 e. The molecule has 1 aliphatic rings. The summed E-state index contributed by atoms with van der Waals surface area (Å²) in [5.41, 5.74) is 3.08. The number of aromatic nitrogens is 2. The number of H-pyrrole nitrogens is 1. The minimum Gasteiger partial charge on any atom is -0.322 e. The number of aromatic amines is 1. The number of halogens is 1. The monoisotopic (exact) mass is 331 g/mol. The molecule has 5 nitrogen and oxygen atoms in total. The van der Waals surface area contributed by atoms with Crippen LogP contribution < -0.4 is 5.32 Å². The van der Waals surface area contributed by atoms with Crippen molar-refractivity contribution in [1.29, 1.82) is 0 Å². The van der Waals surface area contributed by atoms with Gasteiger partial charge in [-0.2, -0.15) is 5.10 Å². The van der Waals surface area contributed by atoms with Crippen molar-refractivity contribution in [2.45, 2.75) is 40.5 Å². The summed E-state index contributed by atoms with van der Waals surface area (Å²) in [5, 5.41) is 10.8. The Hall–Kier alpha value is -2.14. The Kier molecular flexibility index (Phi) is 5.93. The van der Waals surface area contributed by atoms with Crippen LogP contribution in [0.25, 0.3) is 0 Å². The minimum absolute atomic E-state index is 0.554. The van der Waals surface area contributed by atoms with Crippen molar-refractivity contribution in [3.63, 3.8) is 0 Å². The predicted molar refractivity (Wildman–Crippen MR) is 98.2 cm³/mol. The molecule has 0 aromatic carbocycles. The predicted octanol–water partition coefficient (Wildman–Crippen LogP) is 4.71. The summed E-state index contributed by atoms with van der Waals surface area (Å²) in [6, 6.07) is 1.90. The van der Waals surface area contributed by atoms with Crippen molar-refractivity contribution in [3.05, 3.63) is 46.4 Å². The number of anilines is 1. The van der Waals surface area contributed by atoms with E-state index in [2.05, 4.69) is 25.5 Å². The second kappa shape index (κ2) is 7.92. The molecule has 23 heavy (non-hydrogen) atoms. The van der Waals surface area contributed by atoms with Crippen LogP contribution in [0.15, 0.2) is 50.7 Å². The molecule has 2 heterocycles. The number of rotatable bonds is 3. The Morgan fingerprint density at radius 3 is 2.70 bits per heavy atom. The van der Waals surface area contributed by atoms with Crippen LogP contribution in [0.5, 0.6) is 0 Å². The van der Waals surface area contributed by atoms with Crippen LogP contribution in [0.1, 0.15) is 39.3 Å². The first-order valence-corrected chi connectivity index (χ1v) is 7.96. The molecule has 122 valence electrons. The third-order valence-corrected chi connectivity index (χ3v) is 3.34. The molecule has 1 aromatic heterocycles. The molecule has 1 aromatic rings. The molecular formula is C17H22ClN5. The van der Waals surface area contributed by atoms with Gasteiger partial charge in [-0.05, 0) is 52.7 Å². The summed E-state index contributed by atoms with van der Waals surface area (Å²) < 4.78 is 0. The third-order valence-electron chi connectivity index (χ3n) is 3.01. The number of hydrogen-bond donors (Lipinski definition) is 2. The zero-order valence-electron chi connectivity index (χ0n) is 13.9. The van der Waals surface area contributed by atoms with E-state index in [1.807, 2.05) is 52.0 Å². The van der Waals surface area contributed by atoms with Gasteiger partial charge in [0.15, 0.2) is 17.5 Å². The first kappa shape index (κ1) is 17.2. The fraction of sp³-hybridized carbons (Fsp3) is 0.353. The fourth-order valence-electron chi connectivity index (χ4n) is 2.13. The van der Waals surface area contributed by atoms with Crippen LogP contribution in [-0.2, 0) is 0 Å². The number of nitrogens with zero attached hydrogens (tertiary/aromatic N) is 3. The average molecular weight is 332 g/mol. The smallest absolute Gasteiger partial charge is 0.153 e. The quantitative estimate of drug-likeness (QED) is 0.787. The number of aryl methyl sites for hydroxylation is 1. The van der Waals surface area contributed by atoms with Gasteiger partial charge in [-0.1, -0.05) is 23.3 Å². The van der Waals surface area contributed by atoms with Crippen molar-refractivity contribution in [1.82, 2.24) is 10.2 Å². The molecule has 0 bridgehead atoms. The topological polar surface area (TPSA) is 65.4 Å². The van der Waals surface area contributed by atoms with Crippen LogP contribution in [0.4, 0.5) is 5.82 Å². The van der Waals surface area contributed by atoms with E-state index in [9.17, 15) is 0 Å². The third kappa shape index (κ3) is 5.53. The average Bonchev–Trinajstić information content (AvgIpc) is 2.85. The van der Waals surface area contributed by atoms with E-state index in [0.29, 0.717) is 22.5 Å². The Morgan fingerprint density at radius 2 is 2.04 bits per heavy atom. The number of hydrogen-bond acceptors (Lipinski definition) is 4. The molecule has 0 radical (unpaired) electrons. The zero-order valence-corrected chi connectivity index (χ0v) is 14.7. The van der Waals surface area contributed by atoms with E-state index in [0.717, 1.165) is 24.2 Å². The molecule has 0 saturated carbocycles. The molecule has 2 rings (SSSR count). The lowest BCUT2D eigenvalue weighted by atomic mass is 10.2. The van der Waals surface area contributed by atoms with Crippen LogP contribution >= 0.6 is 11.6 Å². The van der Waals surface area contributed by atoms with Gasteiger partial charge in [-0.3, -0.25) is 5.10 Å². The fourth-order valence-corrected chi connectivity index (χ4v) is 2.32. The summed E-state index contributed by atoms with van der Waals surface area (Å²) in [4.78, 5) is 9.13. The van der Waals surface area contributed by atoms with Gasteiger partial charge in [0.1, 0.15) is 0 Å². The Balaban J connectivity index is 2.31. The second-order valence-corrected chi connectivity index (χ2v) is 6.10. The van der Waals surface area contributed by atoms with Gasteiger partial charge in [-0.15, -0.1) is 0 Å². The van der Waals surface area contributed by atoms with Gasteiger partial charge >= 0.3 is 0 Å². The second-order valence-electron chi connectivity index (χ2n) is 5.69. The zero-order chi connectivity index (χ0) is 16.8. The van der Waals surface area contributed by atoms with Crippen molar-refractivity contribution in [2.24, 2.45) is 9.98 Å². The van der Waals surface area contributed by atoms with Crippen molar-refractivity contribution in [3.8, 4) is 0 Å². The maximum Gasteiger partial charge on any atom is 0.153 e. The molecule has 0 saturated heterocycles. The first-order chi connectivity index (χ1) is 10.9. The molecule has 0 fully saturated rings. The molecule has 0 amide bonds. The molecular weight excluding hydrogens is 310 g/mol. The van der Waals surface area contributed by atoms with Gasteiger partial charge in [0.05, 0.1) is 5.03 Å². The summed E-state index contributed by atoms with van der Waals surface area (Å²) in [6.45, 7) is 7.99. The van der Waals surface area contributed by atoms with Gasteiger partial charge < -0.3 is 5.32 Å². The number of aliphatic imine (C=N–C) groups is 2. The Bertz CT molecular complexity index is 715. The maximum absolute atomic E-state index is 6.34. The molecule has 0 spiro atoms. The van der Waals surface area contributed by atoms with Crippen LogP contribution in [0.3, 0.4) is 0 Å². The standard InChI is InChI=1S/C17H22ClN5/c1-11(2)9-12(3)19-15-8-6-5-7-14(18)17(20-15)21-16-10-13(4)22-23-16/h7-10H,5-6H2,1-4H3,(H2,20,21,22,23)/b14-7+,15-8?,19-12?. The normalized spacial score (nSPS) is 18.1. The molecule has 2 N–H and O–H groups in total. The highest BCUT2D eigenvalue weighted by Crippen LogP contribution is 2.17. The number of nitrogens with one attached hydrogen (secondary N) is 2. The van der Waals surface area contributed by atoms with Crippen LogP contribution in [0.2, 0.25) is 0 Å². The van der Waals surface area contributed by atoms with E-state index in [1.165, 1.54) is 5.57 Å². The molecule has 1 aliphatic heterocycles. The Labute approximate surface area is 142 Å². The molecule has 6 heteroatoms. The van der Waals surface area contributed by atoms with E-state index < -0.39 is 0 Å². The van der Waals surface area contributed by atoms with Gasteiger partial charge in [-0.25, -0.2) is 9.98 Å². The first-order valence-electron chi connectivity index (χ1n) is 7.58. The highest BCUT2D eigenvalue weighted by Gasteiger charge is 2.10. The molecule has 0 atom stereocenters. The molecule has 0 aliphatic carbocycles. The SMILES string of the molecule is CC(C)=CC(C)=NC1=CCC/C=C(/Cl)C(Nc2cc(C)[nH]n2)=N1. The Morgan fingerprint density at radius 1 is 1.30 bits per heavy atom. The van der Waals surface area contributed by atoms with Gasteiger partial charge in [0, 0.05) is 17.5 Å². The van der Waals surface area contributed by atoms with E-state index in [-0.39, 0.29) is 0 Å². The summed E-state index contributed by atoms with van der Waals surface area (Å²) >= 11 is 6.34.